The van der Waals surface area contributed by atoms with E-state index in [1.807, 2.05) is 31.4 Å². The van der Waals surface area contributed by atoms with Crippen LogP contribution >= 0.6 is 0 Å². The monoisotopic (exact) mass is 484 g/mol. The summed E-state index contributed by atoms with van der Waals surface area (Å²) in [4.78, 5) is 11.6. The molecule has 0 unspecified atom stereocenters. The molecule has 0 saturated carbocycles. The van der Waals surface area contributed by atoms with Gasteiger partial charge < -0.3 is 9.47 Å². The van der Waals surface area contributed by atoms with Gasteiger partial charge in [0.25, 0.3) is 0 Å². The van der Waals surface area contributed by atoms with Gasteiger partial charge in [0.05, 0.1) is 23.0 Å². The van der Waals surface area contributed by atoms with Crippen molar-refractivity contribution in [3.8, 4) is 6.19 Å². The number of guanidine groups is 1. The zero-order chi connectivity index (χ0) is 25.1. The lowest BCUT2D eigenvalue weighted by Crippen LogP contribution is -2.49. The van der Waals surface area contributed by atoms with Gasteiger partial charge in [0.15, 0.2) is 6.19 Å². The van der Waals surface area contributed by atoms with E-state index in [0.29, 0.717) is 31.1 Å². The summed E-state index contributed by atoms with van der Waals surface area (Å²) in [5, 5.41) is 12.1. The van der Waals surface area contributed by atoms with Crippen molar-refractivity contribution in [1.29, 1.82) is 5.26 Å². The second-order valence-electron chi connectivity index (χ2n) is 9.07. The molecule has 36 heavy (non-hydrogen) atoms. The highest BCUT2D eigenvalue weighted by Crippen LogP contribution is 2.42. The van der Waals surface area contributed by atoms with Gasteiger partial charge >= 0.3 is 0 Å². The number of aromatic nitrogens is 2. The number of piperidine rings is 1. The Kier molecular flexibility index (Phi) is 6.38. The molecule has 182 valence electrons. The predicted molar refractivity (Wildman–Crippen MR) is 135 cm³/mol. The molecule has 1 aliphatic rings. The van der Waals surface area contributed by atoms with Gasteiger partial charge in [0.1, 0.15) is 17.5 Å². The number of nitrogens with zero attached hydrogens (tertiary/aromatic N) is 5. The summed E-state index contributed by atoms with van der Waals surface area (Å²) in [6.07, 6.45) is 3.46. The second-order valence-corrected chi connectivity index (χ2v) is 9.07. The van der Waals surface area contributed by atoms with Crippen LogP contribution in [0.15, 0.2) is 77.8 Å². The van der Waals surface area contributed by atoms with Crippen LogP contribution in [0.3, 0.4) is 0 Å². The third-order valence-corrected chi connectivity index (χ3v) is 7.01. The molecule has 2 heterocycles. The minimum absolute atomic E-state index is 0.295. The molecular formula is C28H26F2N6. The van der Waals surface area contributed by atoms with E-state index < -0.39 is 0 Å². The summed E-state index contributed by atoms with van der Waals surface area (Å²) in [7, 11) is 1.98. The van der Waals surface area contributed by atoms with E-state index >= 15 is 0 Å². The van der Waals surface area contributed by atoms with E-state index in [-0.39, 0.29) is 17.0 Å². The topological polar surface area (TPSA) is 69.2 Å². The molecule has 0 aliphatic carbocycles. The first-order valence-corrected chi connectivity index (χ1v) is 11.9. The Morgan fingerprint density at radius 3 is 2.42 bits per heavy atom. The van der Waals surface area contributed by atoms with Gasteiger partial charge in [-0.05, 0) is 48.2 Å². The summed E-state index contributed by atoms with van der Waals surface area (Å²) in [6, 6.07) is 21.2. The van der Waals surface area contributed by atoms with Gasteiger partial charge in [-0.3, -0.25) is 5.32 Å². The average molecular weight is 485 g/mol. The van der Waals surface area contributed by atoms with E-state index in [1.165, 1.54) is 24.3 Å². The van der Waals surface area contributed by atoms with Gasteiger partial charge in [-0.2, -0.15) is 5.26 Å². The number of fused-ring (bicyclic) bond motifs is 1. The van der Waals surface area contributed by atoms with Crippen LogP contribution in [0.2, 0.25) is 0 Å². The lowest BCUT2D eigenvalue weighted by molar-refractivity contribution is 0.242. The molecule has 1 fully saturated rings. The molecule has 5 rings (SSSR count). The molecule has 1 N–H and O–H groups in total. The van der Waals surface area contributed by atoms with Crippen molar-refractivity contribution in [2.75, 3.05) is 13.1 Å². The molecule has 0 amide bonds. The van der Waals surface area contributed by atoms with Crippen LogP contribution < -0.4 is 5.32 Å². The molecule has 0 bridgehead atoms. The predicted octanol–water partition coefficient (Wildman–Crippen LogP) is 4.86. The number of aliphatic imine (C=N–C) groups is 1. The molecular weight excluding hydrogens is 458 g/mol. The van der Waals surface area contributed by atoms with Crippen molar-refractivity contribution in [2.45, 2.75) is 24.8 Å². The zero-order valence-corrected chi connectivity index (χ0v) is 20.0. The number of halogens is 2. The molecule has 8 heteroatoms. The maximum Gasteiger partial charge on any atom is 0.207 e. The Bertz CT molecular complexity index is 1430. The molecule has 0 spiro atoms. The molecule has 0 atom stereocenters. The standard InChI is InChI=1S/C28H26F2N6/c1-35-25-12-11-23(30)17-24(25)34-26(35)28(21-5-3-2-4-6-21)13-15-36(16-14-28)27(33-19-31)32-18-20-7-9-22(29)10-8-20/h2-12,17H,13-16,18H2,1H3,(H,32,33). The van der Waals surface area contributed by atoms with Crippen molar-refractivity contribution in [3.63, 3.8) is 0 Å². The van der Waals surface area contributed by atoms with Gasteiger partial charge in [0.2, 0.25) is 5.96 Å². The van der Waals surface area contributed by atoms with E-state index in [9.17, 15) is 14.0 Å². The minimum atomic E-state index is -0.378. The van der Waals surface area contributed by atoms with Gasteiger partial charge in [-0.15, -0.1) is 0 Å². The fourth-order valence-corrected chi connectivity index (χ4v) is 5.12. The van der Waals surface area contributed by atoms with Crippen LogP contribution in [-0.4, -0.2) is 33.5 Å². The fourth-order valence-electron chi connectivity index (χ4n) is 5.12. The summed E-state index contributed by atoms with van der Waals surface area (Å²) < 4.78 is 29.2. The number of imidazole rings is 1. The zero-order valence-electron chi connectivity index (χ0n) is 20.0. The molecule has 0 radical (unpaired) electrons. The van der Waals surface area contributed by atoms with E-state index in [0.717, 1.165) is 35.3 Å². The number of aryl methyl sites for hydroxylation is 1. The highest BCUT2D eigenvalue weighted by atomic mass is 19.1. The van der Waals surface area contributed by atoms with Crippen LogP contribution in [0, 0.1) is 23.1 Å². The Morgan fingerprint density at radius 1 is 1.03 bits per heavy atom. The highest BCUT2D eigenvalue weighted by molar-refractivity contribution is 5.81. The normalized spacial score (nSPS) is 15.6. The Morgan fingerprint density at radius 2 is 1.72 bits per heavy atom. The molecule has 1 saturated heterocycles. The van der Waals surface area contributed by atoms with Gasteiger partial charge in [0, 0.05) is 26.2 Å². The van der Waals surface area contributed by atoms with Crippen molar-refractivity contribution in [1.82, 2.24) is 19.8 Å². The van der Waals surface area contributed by atoms with E-state index in [2.05, 4.69) is 31.9 Å². The lowest BCUT2D eigenvalue weighted by Gasteiger charge is -2.42. The number of hydrogen-bond acceptors (Lipinski definition) is 3. The second kappa shape index (κ2) is 9.78. The van der Waals surface area contributed by atoms with Crippen molar-refractivity contribution in [3.05, 3.63) is 101 Å². The first-order valence-electron chi connectivity index (χ1n) is 11.9. The highest BCUT2D eigenvalue weighted by Gasteiger charge is 2.42. The quantitative estimate of drug-likeness (QED) is 0.194. The van der Waals surface area contributed by atoms with E-state index in [4.69, 9.17) is 4.98 Å². The molecule has 1 aliphatic heterocycles. The number of benzene rings is 3. The number of nitriles is 1. The largest absolute Gasteiger partial charge is 0.342 e. The van der Waals surface area contributed by atoms with E-state index in [1.54, 1.807) is 18.2 Å². The number of likely N-dealkylation sites (tertiary alicyclic amines) is 1. The molecule has 6 nitrogen and oxygen atoms in total. The van der Waals surface area contributed by atoms with Gasteiger partial charge in [-0.25, -0.2) is 18.8 Å². The summed E-state index contributed by atoms with van der Waals surface area (Å²) in [6.45, 7) is 1.62. The number of nitrogens with one attached hydrogen (secondary N) is 1. The molecule has 1 aromatic heterocycles. The third kappa shape index (κ3) is 4.40. The maximum absolute atomic E-state index is 13.9. The lowest BCUT2D eigenvalue weighted by atomic mass is 9.72. The maximum atomic E-state index is 13.9. The van der Waals surface area contributed by atoms with Crippen molar-refractivity contribution >= 4 is 17.0 Å². The van der Waals surface area contributed by atoms with Gasteiger partial charge in [-0.1, -0.05) is 42.5 Å². The van der Waals surface area contributed by atoms with Crippen molar-refractivity contribution < 1.29 is 8.78 Å². The van der Waals surface area contributed by atoms with Crippen LogP contribution in [0.25, 0.3) is 11.0 Å². The molecule has 3 aromatic carbocycles. The van der Waals surface area contributed by atoms with Crippen LogP contribution in [0.4, 0.5) is 8.78 Å². The SMILES string of the molecule is Cn1c(C2(c3ccccc3)CCN(C(=NCc3ccc(F)cc3)NC#N)CC2)nc2cc(F)ccc21. The summed E-state index contributed by atoms with van der Waals surface area (Å²) in [5.41, 5.74) is 3.16. The smallest absolute Gasteiger partial charge is 0.207 e. The first kappa shape index (κ1) is 23.5. The number of hydrogen-bond donors (Lipinski definition) is 1. The van der Waals surface area contributed by atoms with Crippen molar-refractivity contribution in [2.24, 2.45) is 12.0 Å². The van der Waals surface area contributed by atoms with Crippen LogP contribution in [0.5, 0.6) is 0 Å². The number of rotatable bonds is 4. The fraction of sp³-hybridized carbons (Fsp3) is 0.250. The Hall–Kier alpha value is -4.25. The van der Waals surface area contributed by atoms with Crippen LogP contribution in [-0.2, 0) is 19.0 Å². The molecule has 4 aromatic rings. The average Bonchev–Trinajstić information content (AvgIpc) is 3.24. The Balaban J connectivity index is 1.46. The van der Waals surface area contributed by atoms with Crippen LogP contribution in [0.1, 0.15) is 29.8 Å². The third-order valence-electron chi connectivity index (χ3n) is 7.01. The first-order chi connectivity index (χ1) is 17.5. The minimum Gasteiger partial charge on any atom is -0.342 e. The Labute approximate surface area is 208 Å². The summed E-state index contributed by atoms with van der Waals surface area (Å²) in [5.74, 6) is 0.791. The summed E-state index contributed by atoms with van der Waals surface area (Å²) >= 11 is 0.